The molecule has 0 bridgehead atoms. The monoisotopic (exact) mass is 375 g/mol. The fourth-order valence-electron chi connectivity index (χ4n) is 1.95. The molecule has 0 fully saturated rings. The van der Waals surface area contributed by atoms with Crippen LogP contribution in [0.2, 0.25) is 10.0 Å². The molecule has 1 aromatic rings. The van der Waals surface area contributed by atoms with Crippen LogP contribution in [-0.2, 0) is 19.1 Å². The molecule has 0 aliphatic carbocycles. The normalized spacial score (nSPS) is 11.8. The van der Waals surface area contributed by atoms with Crippen molar-refractivity contribution in [3.8, 4) is 0 Å². The minimum absolute atomic E-state index is 0.131. The Kier molecular flexibility index (Phi) is 8.01. The lowest BCUT2D eigenvalue weighted by molar-refractivity contribution is -0.145. The molecular formula is C16H19Cl2NO5. The number of hydrogen-bond acceptors (Lipinski definition) is 5. The van der Waals surface area contributed by atoms with Crippen LogP contribution in [0.1, 0.15) is 30.6 Å². The van der Waals surface area contributed by atoms with E-state index in [-0.39, 0.29) is 21.5 Å². The third-order valence-electron chi connectivity index (χ3n) is 2.96. The summed E-state index contributed by atoms with van der Waals surface area (Å²) < 4.78 is 9.54. The standard InChI is InChI=1S/C16H19Cl2NO5/c1-9(2)4-13(16(22)23-3)19-14(20)8-24-15(21)10-5-11(17)7-12(18)6-10/h5-7,9,13H,4,8H2,1-3H3,(H,19,20)/t13-/m0/s1. The van der Waals surface area contributed by atoms with Gasteiger partial charge in [0.25, 0.3) is 5.91 Å². The SMILES string of the molecule is COC(=O)[C@H](CC(C)C)NC(=O)COC(=O)c1cc(Cl)cc(Cl)c1. The topological polar surface area (TPSA) is 81.7 Å². The number of carbonyl (C=O) groups excluding carboxylic acids is 3. The Morgan fingerprint density at radius 3 is 2.21 bits per heavy atom. The number of benzene rings is 1. The predicted molar refractivity (Wildman–Crippen MR) is 90.1 cm³/mol. The number of halogens is 2. The first-order valence-electron chi connectivity index (χ1n) is 7.23. The van der Waals surface area contributed by atoms with E-state index in [1.54, 1.807) is 0 Å². The molecule has 1 N–H and O–H groups in total. The highest BCUT2D eigenvalue weighted by Crippen LogP contribution is 2.19. The first kappa shape index (κ1) is 20.3. The van der Waals surface area contributed by atoms with Crippen molar-refractivity contribution < 1.29 is 23.9 Å². The van der Waals surface area contributed by atoms with Crippen molar-refractivity contribution >= 4 is 41.0 Å². The first-order chi connectivity index (χ1) is 11.2. The second-order valence-corrected chi connectivity index (χ2v) is 6.38. The van der Waals surface area contributed by atoms with Crippen molar-refractivity contribution in [2.75, 3.05) is 13.7 Å². The van der Waals surface area contributed by atoms with Gasteiger partial charge in [0.05, 0.1) is 12.7 Å². The Hall–Kier alpha value is -1.79. The third kappa shape index (κ3) is 6.76. The van der Waals surface area contributed by atoms with Gasteiger partial charge in [0.15, 0.2) is 6.61 Å². The number of rotatable bonds is 7. The van der Waals surface area contributed by atoms with Gasteiger partial charge in [-0.05, 0) is 30.5 Å². The molecular weight excluding hydrogens is 357 g/mol. The summed E-state index contributed by atoms with van der Waals surface area (Å²) in [4.78, 5) is 35.4. The fourth-order valence-corrected chi connectivity index (χ4v) is 2.48. The maximum absolute atomic E-state index is 11.9. The van der Waals surface area contributed by atoms with Gasteiger partial charge in [0.1, 0.15) is 6.04 Å². The maximum Gasteiger partial charge on any atom is 0.338 e. The average Bonchev–Trinajstić information content (AvgIpc) is 2.49. The van der Waals surface area contributed by atoms with E-state index in [1.165, 1.54) is 25.3 Å². The molecule has 8 heteroatoms. The summed E-state index contributed by atoms with van der Waals surface area (Å²) in [5, 5.41) is 3.04. The van der Waals surface area contributed by atoms with E-state index in [0.29, 0.717) is 6.42 Å². The van der Waals surface area contributed by atoms with Crippen molar-refractivity contribution in [2.45, 2.75) is 26.3 Å². The molecule has 1 atom stereocenters. The molecule has 0 spiro atoms. The smallest absolute Gasteiger partial charge is 0.338 e. The van der Waals surface area contributed by atoms with Gasteiger partial charge < -0.3 is 14.8 Å². The Balaban J connectivity index is 2.60. The molecule has 1 aromatic carbocycles. The first-order valence-corrected chi connectivity index (χ1v) is 7.99. The van der Waals surface area contributed by atoms with Crippen molar-refractivity contribution in [3.05, 3.63) is 33.8 Å². The molecule has 0 saturated carbocycles. The van der Waals surface area contributed by atoms with Crippen LogP contribution in [-0.4, -0.2) is 37.6 Å². The number of carbonyl (C=O) groups is 3. The van der Waals surface area contributed by atoms with Crippen molar-refractivity contribution in [1.82, 2.24) is 5.32 Å². The van der Waals surface area contributed by atoms with Gasteiger partial charge in [0, 0.05) is 10.0 Å². The zero-order valence-electron chi connectivity index (χ0n) is 13.6. The second-order valence-electron chi connectivity index (χ2n) is 5.51. The summed E-state index contributed by atoms with van der Waals surface area (Å²) >= 11 is 11.6. The Morgan fingerprint density at radius 1 is 1.12 bits per heavy atom. The van der Waals surface area contributed by atoms with Crippen LogP contribution in [0.4, 0.5) is 0 Å². The molecule has 0 aromatic heterocycles. The predicted octanol–water partition coefficient (Wildman–Crippen LogP) is 2.85. The molecule has 132 valence electrons. The minimum Gasteiger partial charge on any atom is -0.467 e. The lowest BCUT2D eigenvalue weighted by Gasteiger charge is -2.18. The van der Waals surface area contributed by atoms with E-state index in [4.69, 9.17) is 27.9 Å². The molecule has 1 amide bonds. The van der Waals surface area contributed by atoms with E-state index >= 15 is 0 Å². The number of methoxy groups -OCH3 is 1. The molecule has 0 aliphatic heterocycles. The van der Waals surface area contributed by atoms with Gasteiger partial charge in [-0.3, -0.25) is 4.79 Å². The van der Waals surface area contributed by atoms with E-state index in [1.807, 2.05) is 13.8 Å². The van der Waals surface area contributed by atoms with Crippen molar-refractivity contribution in [2.24, 2.45) is 5.92 Å². The zero-order chi connectivity index (χ0) is 18.3. The van der Waals surface area contributed by atoms with Gasteiger partial charge in [-0.25, -0.2) is 9.59 Å². The summed E-state index contributed by atoms with van der Waals surface area (Å²) in [5.41, 5.74) is 0.131. The average molecular weight is 376 g/mol. The highest BCUT2D eigenvalue weighted by Gasteiger charge is 2.23. The minimum atomic E-state index is -0.790. The van der Waals surface area contributed by atoms with Crippen LogP contribution in [0.25, 0.3) is 0 Å². The van der Waals surface area contributed by atoms with E-state index in [2.05, 4.69) is 10.1 Å². The summed E-state index contributed by atoms with van der Waals surface area (Å²) in [5.74, 6) is -1.73. The molecule has 6 nitrogen and oxygen atoms in total. The highest BCUT2D eigenvalue weighted by molar-refractivity contribution is 6.35. The van der Waals surface area contributed by atoms with Crippen LogP contribution in [0.15, 0.2) is 18.2 Å². The fraction of sp³-hybridized carbons (Fsp3) is 0.438. The summed E-state index contributed by atoms with van der Waals surface area (Å²) in [6.07, 6.45) is 0.413. The summed E-state index contributed by atoms with van der Waals surface area (Å²) in [6, 6.07) is 3.44. The van der Waals surface area contributed by atoms with Crippen molar-refractivity contribution in [3.63, 3.8) is 0 Å². The van der Waals surface area contributed by atoms with Gasteiger partial charge >= 0.3 is 11.9 Å². The Morgan fingerprint density at radius 2 is 1.71 bits per heavy atom. The molecule has 0 saturated heterocycles. The second kappa shape index (κ2) is 9.49. The van der Waals surface area contributed by atoms with Crippen LogP contribution < -0.4 is 5.32 Å². The Labute approximate surface area is 150 Å². The number of amides is 1. The van der Waals surface area contributed by atoms with Gasteiger partial charge in [-0.2, -0.15) is 0 Å². The van der Waals surface area contributed by atoms with Gasteiger partial charge in [-0.1, -0.05) is 37.0 Å². The van der Waals surface area contributed by atoms with E-state index < -0.39 is 30.5 Å². The van der Waals surface area contributed by atoms with Gasteiger partial charge in [-0.15, -0.1) is 0 Å². The number of hydrogen-bond donors (Lipinski definition) is 1. The lowest BCUT2D eigenvalue weighted by atomic mass is 10.0. The van der Waals surface area contributed by atoms with Crippen molar-refractivity contribution in [1.29, 1.82) is 0 Å². The molecule has 0 aliphatic rings. The molecule has 0 unspecified atom stereocenters. The number of nitrogens with one attached hydrogen (secondary N) is 1. The number of ether oxygens (including phenoxy) is 2. The zero-order valence-corrected chi connectivity index (χ0v) is 15.1. The highest BCUT2D eigenvalue weighted by atomic mass is 35.5. The third-order valence-corrected chi connectivity index (χ3v) is 3.40. The van der Waals surface area contributed by atoms with E-state index in [0.717, 1.165) is 0 Å². The molecule has 1 rings (SSSR count). The number of esters is 2. The van der Waals surface area contributed by atoms with Gasteiger partial charge in [0.2, 0.25) is 0 Å². The van der Waals surface area contributed by atoms with Crippen LogP contribution in [0, 0.1) is 5.92 Å². The van der Waals surface area contributed by atoms with Crippen LogP contribution in [0.5, 0.6) is 0 Å². The largest absolute Gasteiger partial charge is 0.467 e. The lowest BCUT2D eigenvalue weighted by Crippen LogP contribution is -2.44. The summed E-state index contributed by atoms with van der Waals surface area (Å²) in [6.45, 7) is 3.28. The quantitative estimate of drug-likeness (QED) is 0.740. The van der Waals surface area contributed by atoms with E-state index in [9.17, 15) is 14.4 Å². The molecule has 0 radical (unpaired) electrons. The summed E-state index contributed by atoms with van der Waals surface area (Å²) in [7, 11) is 1.24. The van der Waals surface area contributed by atoms with Crippen LogP contribution >= 0.6 is 23.2 Å². The Bertz CT molecular complexity index is 598. The van der Waals surface area contributed by atoms with Crippen LogP contribution in [0.3, 0.4) is 0 Å². The molecule has 0 heterocycles. The maximum atomic E-state index is 11.9. The molecule has 24 heavy (non-hydrogen) atoms.